The van der Waals surface area contributed by atoms with Gasteiger partial charge in [0.15, 0.2) is 0 Å². The summed E-state index contributed by atoms with van der Waals surface area (Å²) in [5, 5.41) is 3.85. The number of piperidine rings is 1. The molecule has 1 aromatic rings. The summed E-state index contributed by atoms with van der Waals surface area (Å²) >= 11 is 0. The van der Waals surface area contributed by atoms with Gasteiger partial charge in [0.2, 0.25) is 0 Å². The van der Waals surface area contributed by atoms with Crippen molar-refractivity contribution in [3.05, 3.63) is 11.9 Å². The number of hydrogen-bond acceptors (Lipinski definition) is 3. The van der Waals surface area contributed by atoms with Crippen molar-refractivity contribution in [1.29, 1.82) is 0 Å². The van der Waals surface area contributed by atoms with Gasteiger partial charge in [0.25, 0.3) is 5.91 Å². The highest BCUT2D eigenvalue weighted by Gasteiger charge is 2.42. The Morgan fingerprint density at radius 3 is 2.42 bits per heavy atom. The van der Waals surface area contributed by atoms with Crippen LogP contribution in [0.4, 0.5) is 18.9 Å². The van der Waals surface area contributed by atoms with Crippen LogP contribution in [0.1, 0.15) is 23.3 Å². The number of carbonyl (C=O) groups excluding carboxylic acids is 1. The number of nitrogen functional groups attached to an aromatic ring is 1. The van der Waals surface area contributed by atoms with Gasteiger partial charge in [0.1, 0.15) is 5.69 Å². The van der Waals surface area contributed by atoms with E-state index in [9.17, 15) is 18.0 Å². The van der Waals surface area contributed by atoms with Gasteiger partial charge in [0.05, 0.1) is 17.8 Å². The zero-order chi connectivity index (χ0) is 14.2. The molecular formula is C11H15F3N4O. The molecule has 1 aromatic heterocycles. The number of anilines is 1. The summed E-state index contributed by atoms with van der Waals surface area (Å²) in [7, 11) is 1.58. The Kier molecular flexibility index (Phi) is 3.42. The molecule has 1 fully saturated rings. The normalized spacial score (nSPS) is 17.8. The fourth-order valence-electron chi connectivity index (χ4n) is 2.28. The fraction of sp³-hybridized carbons (Fsp3) is 0.636. The average molecular weight is 276 g/mol. The Hall–Kier alpha value is -1.73. The van der Waals surface area contributed by atoms with E-state index in [-0.39, 0.29) is 43.2 Å². The van der Waals surface area contributed by atoms with E-state index in [1.807, 2.05) is 0 Å². The second-order valence-corrected chi connectivity index (χ2v) is 4.68. The lowest BCUT2D eigenvalue weighted by atomic mass is 9.96. The summed E-state index contributed by atoms with van der Waals surface area (Å²) in [6, 6.07) is 0. The van der Waals surface area contributed by atoms with Crippen LogP contribution in [0.2, 0.25) is 0 Å². The molecule has 5 nitrogen and oxygen atoms in total. The SMILES string of the molecule is Cn1ncc(N)c1C(=O)N1CCC(C(F)(F)F)CC1. The zero-order valence-electron chi connectivity index (χ0n) is 10.4. The number of aryl methyl sites for hydroxylation is 1. The van der Waals surface area contributed by atoms with Crippen molar-refractivity contribution in [2.24, 2.45) is 13.0 Å². The zero-order valence-corrected chi connectivity index (χ0v) is 10.4. The maximum Gasteiger partial charge on any atom is 0.391 e. The lowest BCUT2D eigenvalue weighted by Gasteiger charge is -2.32. The van der Waals surface area contributed by atoms with E-state index in [1.54, 1.807) is 7.05 Å². The summed E-state index contributed by atoms with van der Waals surface area (Å²) in [5.41, 5.74) is 6.10. The molecule has 1 aliphatic rings. The van der Waals surface area contributed by atoms with Gasteiger partial charge >= 0.3 is 6.18 Å². The van der Waals surface area contributed by atoms with Gasteiger partial charge in [-0.2, -0.15) is 18.3 Å². The second-order valence-electron chi connectivity index (χ2n) is 4.68. The molecule has 2 N–H and O–H groups in total. The predicted molar refractivity (Wildman–Crippen MR) is 62.3 cm³/mol. The van der Waals surface area contributed by atoms with E-state index in [0.29, 0.717) is 0 Å². The summed E-state index contributed by atoms with van der Waals surface area (Å²) in [6.07, 6.45) is -2.95. The van der Waals surface area contributed by atoms with Crippen molar-refractivity contribution in [2.45, 2.75) is 19.0 Å². The number of nitrogens with zero attached hydrogens (tertiary/aromatic N) is 3. The third kappa shape index (κ3) is 2.66. The van der Waals surface area contributed by atoms with Crippen LogP contribution in [-0.4, -0.2) is 39.9 Å². The van der Waals surface area contributed by atoms with Gasteiger partial charge < -0.3 is 10.6 Å². The molecule has 0 bridgehead atoms. The maximum atomic E-state index is 12.5. The van der Waals surface area contributed by atoms with Gasteiger partial charge in [-0.3, -0.25) is 9.48 Å². The van der Waals surface area contributed by atoms with Gasteiger partial charge in [0, 0.05) is 20.1 Å². The average Bonchev–Trinajstić information content (AvgIpc) is 2.67. The Labute approximate surface area is 108 Å². The monoisotopic (exact) mass is 276 g/mol. The van der Waals surface area contributed by atoms with Gasteiger partial charge in [-0.25, -0.2) is 0 Å². The van der Waals surface area contributed by atoms with Crippen LogP contribution in [0.25, 0.3) is 0 Å². The highest BCUT2D eigenvalue weighted by Crippen LogP contribution is 2.34. The van der Waals surface area contributed by atoms with Crippen LogP contribution in [0, 0.1) is 5.92 Å². The number of aromatic nitrogens is 2. The Morgan fingerprint density at radius 1 is 1.42 bits per heavy atom. The standard InChI is InChI=1S/C11H15F3N4O/c1-17-9(8(15)6-16-17)10(19)18-4-2-7(3-5-18)11(12,13)14/h6-7H,2-5,15H2,1H3. The van der Waals surface area contributed by atoms with E-state index < -0.39 is 12.1 Å². The number of likely N-dealkylation sites (tertiary alicyclic amines) is 1. The first-order chi connectivity index (χ1) is 8.80. The number of hydrogen-bond donors (Lipinski definition) is 1. The van der Waals surface area contributed by atoms with Crippen molar-refractivity contribution in [2.75, 3.05) is 18.8 Å². The molecule has 2 rings (SSSR count). The van der Waals surface area contributed by atoms with Gasteiger partial charge in [-0.1, -0.05) is 0 Å². The Balaban J connectivity index is 2.04. The molecule has 0 saturated carbocycles. The summed E-state index contributed by atoms with van der Waals surface area (Å²) in [4.78, 5) is 13.6. The highest BCUT2D eigenvalue weighted by atomic mass is 19.4. The van der Waals surface area contributed by atoms with Crippen molar-refractivity contribution in [1.82, 2.24) is 14.7 Å². The largest absolute Gasteiger partial charge is 0.396 e. The molecule has 1 saturated heterocycles. The van der Waals surface area contributed by atoms with E-state index in [1.165, 1.54) is 15.8 Å². The van der Waals surface area contributed by atoms with Crippen molar-refractivity contribution >= 4 is 11.6 Å². The lowest BCUT2D eigenvalue weighted by Crippen LogP contribution is -2.42. The molecular weight excluding hydrogens is 261 g/mol. The molecule has 0 aliphatic carbocycles. The van der Waals surface area contributed by atoms with Crippen LogP contribution in [0.3, 0.4) is 0 Å². The molecule has 106 valence electrons. The number of nitrogens with two attached hydrogens (primary N) is 1. The second kappa shape index (κ2) is 4.75. The van der Waals surface area contributed by atoms with E-state index in [4.69, 9.17) is 5.73 Å². The molecule has 1 amide bonds. The minimum absolute atomic E-state index is 0.0625. The molecule has 0 aromatic carbocycles. The maximum absolute atomic E-state index is 12.5. The molecule has 0 spiro atoms. The van der Waals surface area contributed by atoms with Crippen LogP contribution in [0.15, 0.2) is 6.20 Å². The predicted octanol–water partition coefficient (Wildman–Crippen LogP) is 1.42. The molecule has 0 unspecified atom stereocenters. The van der Waals surface area contributed by atoms with E-state index >= 15 is 0 Å². The fourth-order valence-corrected chi connectivity index (χ4v) is 2.28. The number of rotatable bonds is 1. The number of halogens is 3. The van der Waals surface area contributed by atoms with Crippen LogP contribution in [-0.2, 0) is 7.05 Å². The minimum atomic E-state index is -4.18. The van der Waals surface area contributed by atoms with Crippen molar-refractivity contribution < 1.29 is 18.0 Å². The summed E-state index contributed by atoms with van der Waals surface area (Å²) < 4.78 is 38.9. The molecule has 19 heavy (non-hydrogen) atoms. The van der Waals surface area contributed by atoms with Crippen LogP contribution < -0.4 is 5.73 Å². The highest BCUT2D eigenvalue weighted by molar-refractivity contribution is 5.97. The number of carbonyl (C=O) groups is 1. The summed E-state index contributed by atoms with van der Waals surface area (Å²) in [5.74, 6) is -1.68. The minimum Gasteiger partial charge on any atom is -0.396 e. The van der Waals surface area contributed by atoms with Crippen molar-refractivity contribution in [3.63, 3.8) is 0 Å². The Morgan fingerprint density at radius 2 is 2.00 bits per heavy atom. The molecule has 1 aliphatic heterocycles. The molecule has 8 heteroatoms. The van der Waals surface area contributed by atoms with Gasteiger partial charge in [-0.15, -0.1) is 0 Å². The van der Waals surface area contributed by atoms with Gasteiger partial charge in [-0.05, 0) is 12.8 Å². The van der Waals surface area contributed by atoms with Crippen molar-refractivity contribution in [3.8, 4) is 0 Å². The molecule has 0 atom stereocenters. The smallest absolute Gasteiger partial charge is 0.391 e. The topological polar surface area (TPSA) is 64.2 Å². The first-order valence-corrected chi connectivity index (χ1v) is 5.94. The third-order valence-corrected chi connectivity index (χ3v) is 3.41. The first kappa shape index (κ1) is 13.7. The summed E-state index contributed by atoms with van der Waals surface area (Å²) in [6.45, 7) is 0.182. The third-order valence-electron chi connectivity index (χ3n) is 3.41. The van der Waals surface area contributed by atoms with Crippen LogP contribution in [0.5, 0.6) is 0 Å². The van der Waals surface area contributed by atoms with Crippen LogP contribution >= 0.6 is 0 Å². The quantitative estimate of drug-likeness (QED) is 0.843. The molecule has 0 radical (unpaired) electrons. The lowest BCUT2D eigenvalue weighted by molar-refractivity contribution is -0.183. The Bertz CT molecular complexity index is 455. The number of alkyl halides is 3. The van der Waals surface area contributed by atoms with E-state index in [0.717, 1.165) is 0 Å². The molecule has 2 heterocycles. The van der Waals surface area contributed by atoms with E-state index in [2.05, 4.69) is 5.10 Å². The number of amides is 1. The first-order valence-electron chi connectivity index (χ1n) is 5.94.